The first-order valence-electron chi connectivity index (χ1n) is 5.02. The third-order valence-corrected chi connectivity index (χ3v) is 3.08. The molecule has 0 N–H and O–H groups in total. The molecule has 0 aromatic rings. The van der Waals surface area contributed by atoms with Crippen LogP contribution in [0.4, 0.5) is 0 Å². The molecule has 1 heterocycles. The first-order valence-corrected chi connectivity index (χ1v) is 5.02. The second-order valence-electron chi connectivity index (χ2n) is 3.79. The van der Waals surface area contributed by atoms with Gasteiger partial charge in [0, 0.05) is 18.8 Å². The van der Waals surface area contributed by atoms with Crippen molar-refractivity contribution < 1.29 is 9.47 Å². The fourth-order valence-electron chi connectivity index (χ4n) is 2.47. The zero-order valence-corrected chi connectivity index (χ0v) is 7.79. The molecule has 1 aliphatic carbocycles. The van der Waals surface area contributed by atoms with Crippen LogP contribution < -0.4 is 0 Å². The molecule has 0 bridgehead atoms. The Morgan fingerprint density at radius 1 is 1.38 bits per heavy atom. The first-order chi connectivity index (χ1) is 6.37. The number of nitriles is 1. The predicted octanol–water partition coefficient (Wildman–Crippen LogP) is 1.83. The van der Waals surface area contributed by atoms with E-state index in [0.29, 0.717) is 12.3 Å². The highest BCUT2D eigenvalue weighted by Crippen LogP contribution is 2.44. The SMILES string of the molecule is N#CCCC1CCCC12OCCO2. The van der Waals surface area contributed by atoms with E-state index in [-0.39, 0.29) is 5.79 Å². The van der Waals surface area contributed by atoms with Gasteiger partial charge in [-0.15, -0.1) is 0 Å². The highest BCUT2D eigenvalue weighted by atomic mass is 16.7. The summed E-state index contributed by atoms with van der Waals surface area (Å²) < 4.78 is 11.4. The maximum atomic E-state index is 8.53. The maximum absolute atomic E-state index is 8.53. The molecule has 72 valence electrons. The van der Waals surface area contributed by atoms with Gasteiger partial charge in [-0.05, 0) is 19.3 Å². The largest absolute Gasteiger partial charge is 0.347 e. The molecule has 2 fully saturated rings. The number of hydrogen-bond acceptors (Lipinski definition) is 3. The normalized spacial score (nSPS) is 30.8. The topological polar surface area (TPSA) is 42.2 Å². The van der Waals surface area contributed by atoms with Crippen molar-refractivity contribution in [2.75, 3.05) is 13.2 Å². The summed E-state index contributed by atoms with van der Waals surface area (Å²) in [4.78, 5) is 0. The molecule has 2 rings (SSSR count). The van der Waals surface area contributed by atoms with Crippen molar-refractivity contribution >= 4 is 0 Å². The summed E-state index contributed by atoms with van der Waals surface area (Å²) >= 11 is 0. The lowest BCUT2D eigenvalue weighted by molar-refractivity contribution is -0.182. The standard InChI is InChI=1S/C10H15NO2/c11-6-2-4-9-3-1-5-10(9)12-7-8-13-10/h9H,1-5,7-8H2. The zero-order chi connectivity index (χ0) is 9.15. The lowest BCUT2D eigenvalue weighted by Gasteiger charge is -2.28. The summed E-state index contributed by atoms with van der Waals surface area (Å²) in [5, 5.41) is 8.53. The fraction of sp³-hybridized carbons (Fsp3) is 0.900. The van der Waals surface area contributed by atoms with E-state index in [1.54, 1.807) is 0 Å². The molecule has 0 aromatic heterocycles. The van der Waals surface area contributed by atoms with Gasteiger partial charge in [-0.2, -0.15) is 5.26 Å². The summed E-state index contributed by atoms with van der Waals surface area (Å²) in [6.07, 6.45) is 4.90. The highest BCUT2D eigenvalue weighted by Gasteiger charge is 2.47. The van der Waals surface area contributed by atoms with Crippen molar-refractivity contribution in [3.8, 4) is 6.07 Å². The number of nitrogens with zero attached hydrogens (tertiary/aromatic N) is 1. The average Bonchev–Trinajstić information content (AvgIpc) is 2.75. The first kappa shape index (κ1) is 8.98. The predicted molar refractivity (Wildman–Crippen MR) is 46.8 cm³/mol. The molecule has 1 saturated carbocycles. The van der Waals surface area contributed by atoms with E-state index >= 15 is 0 Å². The quantitative estimate of drug-likeness (QED) is 0.652. The van der Waals surface area contributed by atoms with E-state index in [0.717, 1.165) is 32.5 Å². The summed E-state index contributed by atoms with van der Waals surface area (Å²) in [5.41, 5.74) is 0. The molecule has 1 spiro atoms. The van der Waals surface area contributed by atoms with Crippen molar-refractivity contribution in [2.45, 2.75) is 37.9 Å². The van der Waals surface area contributed by atoms with Crippen LogP contribution in [-0.2, 0) is 9.47 Å². The van der Waals surface area contributed by atoms with Crippen LogP contribution in [0, 0.1) is 17.2 Å². The molecule has 2 aliphatic rings. The Balaban J connectivity index is 1.97. The highest BCUT2D eigenvalue weighted by molar-refractivity contribution is 4.90. The van der Waals surface area contributed by atoms with Crippen LogP contribution in [0.3, 0.4) is 0 Å². The van der Waals surface area contributed by atoms with Gasteiger partial charge in [-0.3, -0.25) is 0 Å². The van der Waals surface area contributed by atoms with Crippen LogP contribution in [-0.4, -0.2) is 19.0 Å². The van der Waals surface area contributed by atoms with Gasteiger partial charge in [0.25, 0.3) is 0 Å². The van der Waals surface area contributed by atoms with Crippen LogP contribution >= 0.6 is 0 Å². The van der Waals surface area contributed by atoms with Gasteiger partial charge in [-0.1, -0.05) is 0 Å². The Kier molecular flexibility index (Phi) is 2.52. The van der Waals surface area contributed by atoms with Crippen LogP contribution in [0.1, 0.15) is 32.1 Å². The third kappa shape index (κ3) is 1.56. The molecular weight excluding hydrogens is 166 g/mol. The molecule has 0 amide bonds. The molecule has 3 heteroatoms. The van der Waals surface area contributed by atoms with Gasteiger partial charge >= 0.3 is 0 Å². The van der Waals surface area contributed by atoms with Crippen LogP contribution in [0.15, 0.2) is 0 Å². The molecule has 1 aliphatic heterocycles. The minimum Gasteiger partial charge on any atom is -0.347 e. The molecule has 0 radical (unpaired) electrons. The van der Waals surface area contributed by atoms with Crippen molar-refractivity contribution in [1.82, 2.24) is 0 Å². The van der Waals surface area contributed by atoms with Crippen LogP contribution in [0.25, 0.3) is 0 Å². The molecular formula is C10H15NO2. The molecule has 1 saturated heterocycles. The zero-order valence-electron chi connectivity index (χ0n) is 7.79. The van der Waals surface area contributed by atoms with Crippen molar-refractivity contribution in [2.24, 2.45) is 5.92 Å². The Labute approximate surface area is 78.6 Å². The summed E-state index contributed by atoms with van der Waals surface area (Å²) in [6.45, 7) is 1.45. The molecule has 13 heavy (non-hydrogen) atoms. The van der Waals surface area contributed by atoms with E-state index in [4.69, 9.17) is 14.7 Å². The monoisotopic (exact) mass is 181 g/mol. The second-order valence-corrected chi connectivity index (χ2v) is 3.79. The second kappa shape index (κ2) is 3.65. The van der Waals surface area contributed by atoms with Crippen molar-refractivity contribution in [3.05, 3.63) is 0 Å². The van der Waals surface area contributed by atoms with E-state index in [2.05, 4.69) is 6.07 Å². The maximum Gasteiger partial charge on any atom is 0.171 e. The van der Waals surface area contributed by atoms with E-state index < -0.39 is 0 Å². The molecule has 1 unspecified atom stereocenters. The summed E-state index contributed by atoms with van der Waals surface area (Å²) in [5.74, 6) is 0.159. The lowest BCUT2D eigenvalue weighted by Crippen LogP contribution is -2.34. The Bertz CT molecular complexity index is 210. The van der Waals surface area contributed by atoms with Gasteiger partial charge in [0.05, 0.1) is 19.3 Å². The number of ether oxygens (including phenoxy) is 2. The van der Waals surface area contributed by atoms with E-state index in [1.807, 2.05) is 0 Å². The Morgan fingerprint density at radius 2 is 2.15 bits per heavy atom. The Hall–Kier alpha value is -0.590. The van der Waals surface area contributed by atoms with Gasteiger partial charge in [0.2, 0.25) is 0 Å². The molecule has 0 aromatic carbocycles. The van der Waals surface area contributed by atoms with E-state index in [9.17, 15) is 0 Å². The molecule has 1 atom stereocenters. The summed E-state index contributed by atoms with van der Waals surface area (Å²) in [7, 11) is 0. The van der Waals surface area contributed by atoms with Gasteiger partial charge < -0.3 is 9.47 Å². The van der Waals surface area contributed by atoms with Crippen molar-refractivity contribution in [1.29, 1.82) is 5.26 Å². The average molecular weight is 181 g/mol. The minimum absolute atomic E-state index is 0.295. The Morgan fingerprint density at radius 3 is 2.85 bits per heavy atom. The smallest absolute Gasteiger partial charge is 0.171 e. The van der Waals surface area contributed by atoms with Crippen molar-refractivity contribution in [3.63, 3.8) is 0 Å². The van der Waals surface area contributed by atoms with E-state index in [1.165, 1.54) is 6.42 Å². The van der Waals surface area contributed by atoms with Crippen LogP contribution in [0.2, 0.25) is 0 Å². The van der Waals surface area contributed by atoms with Gasteiger partial charge in [0.15, 0.2) is 5.79 Å². The van der Waals surface area contributed by atoms with Gasteiger partial charge in [-0.25, -0.2) is 0 Å². The molecule has 3 nitrogen and oxygen atoms in total. The fourth-order valence-corrected chi connectivity index (χ4v) is 2.47. The lowest BCUT2D eigenvalue weighted by atomic mass is 9.97. The summed E-state index contributed by atoms with van der Waals surface area (Å²) in [6, 6.07) is 2.19. The van der Waals surface area contributed by atoms with Crippen LogP contribution in [0.5, 0.6) is 0 Å². The minimum atomic E-state index is -0.295. The number of hydrogen-bond donors (Lipinski definition) is 0. The van der Waals surface area contributed by atoms with Gasteiger partial charge in [0.1, 0.15) is 0 Å². The number of rotatable bonds is 2. The third-order valence-electron chi connectivity index (χ3n) is 3.08.